The second kappa shape index (κ2) is 6.75. The first-order valence-corrected chi connectivity index (χ1v) is 7.85. The van der Waals surface area contributed by atoms with Crippen molar-refractivity contribution in [2.24, 2.45) is 7.05 Å². The molecule has 0 saturated carbocycles. The first-order valence-electron chi connectivity index (χ1n) is 7.85. The summed E-state index contributed by atoms with van der Waals surface area (Å²) >= 11 is 0. The lowest BCUT2D eigenvalue weighted by Crippen LogP contribution is -2.28. The highest BCUT2D eigenvalue weighted by Gasteiger charge is 2.05. The minimum Gasteiger partial charge on any atom is -0.384 e. The van der Waals surface area contributed by atoms with Crippen LogP contribution < -0.4 is 10.6 Å². The zero-order chi connectivity index (χ0) is 16.2. The largest absolute Gasteiger partial charge is 0.384 e. The Balaban J connectivity index is 1.77. The summed E-state index contributed by atoms with van der Waals surface area (Å²) in [6.45, 7) is 6.09. The van der Waals surface area contributed by atoms with Crippen molar-refractivity contribution in [3.05, 3.63) is 36.8 Å². The van der Waals surface area contributed by atoms with Gasteiger partial charge in [-0.1, -0.05) is 13.8 Å². The fourth-order valence-corrected chi connectivity index (χ4v) is 2.38. The molecule has 23 heavy (non-hydrogen) atoms. The van der Waals surface area contributed by atoms with E-state index in [9.17, 15) is 0 Å². The fraction of sp³-hybridized carbons (Fsp3) is 0.353. The van der Waals surface area contributed by atoms with E-state index in [2.05, 4.69) is 34.6 Å². The van der Waals surface area contributed by atoms with Gasteiger partial charge in [0.05, 0.1) is 29.1 Å². The predicted molar refractivity (Wildman–Crippen MR) is 93.4 cm³/mol. The third kappa shape index (κ3) is 3.84. The fourth-order valence-electron chi connectivity index (χ4n) is 2.38. The summed E-state index contributed by atoms with van der Waals surface area (Å²) in [5.74, 6) is 0. The van der Waals surface area contributed by atoms with Crippen LogP contribution in [0.5, 0.6) is 0 Å². The van der Waals surface area contributed by atoms with Gasteiger partial charge in [-0.25, -0.2) is 4.98 Å². The molecule has 2 N–H and O–H groups in total. The summed E-state index contributed by atoms with van der Waals surface area (Å²) in [5.41, 5.74) is 4.64. The van der Waals surface area contributed by atoms with Crippen molar-refractivity contribution in [3.8, 4) is 11.3 Å². The molecule has 0 fully saturated rings. The Kier molecular flexibility index (Phi) is 4.52. The van der Waals surface area contributed by atoms with Crippen LogP contribution in [-0.4, -0.2) is 38.9 Å². The molecule has 0 atom stereocenters. The Morgan fingerprint density at radius 1 is 1.13 bits per heavy atom. The summed E-state index contributed by atoms with van der Waals surface area (Å²) in [7, 11) is 1.89. The first kappa shape index (κ1) is 15.4. The smallest absolute Gasteiger partial charge is 0.0924 e. The lowest BCUT2D eigenvalue weighted by Gasteiger charge is -2.10. The second-order valence-electron chi connectivity index (χ2n) is 5.90. The van der Waals surface area contributed by atoms with Crippen LogP contribution in [0.15, 0.2) is 36.8 Å². The molecule has 3 aromatic rings. The predicted octanol–water partition coefficient (Wildman–Crippen LogP) is 2.44. The number of fused-ring (bicyclic) bond motifs is 1. The van der Waals surface area contributed by atoms with Gasteiger partial charge in [-0.2, -0.15) is 5.10 Å². The maximum atomic E-state index is 4.70. The first-order chi connectivity index (χ1) is 11.1. The van der Waals surface area contributed by atoms with E-state index in [-0.39, 0.29) is 0 Å². The van der Waals surface area contributed by atoms with E-state index in [1.807, 2.05) is 31.4 Å². The summed E-state index contributed by atoms with van der Waals surface area (Å²) in [4.78, 5) is 9.19. The van der Waals surface area contributed by atoms with Crippen molar-refractivity contribution < 1.29 is 0 Å². The number of rotatable bonds is 6. The number of hydrogen-bond donors (Lipinski definition) is 2. The SMILES string of the molecule is CC(C)NCCNc1ccc2ncc(-c3cnn(C)c3)nc2c1. The highest BCUT2D eigenvalue weighted by atomic mass is 15.2. The summed E-state index contributed by atoms with van der Waals surface area (Å²) in [6, 6.07) is 6.57. The van der Waals surface area contributed by atoms with E-state index in [0.717, 1.165) is 41.1 Å². The molecule has 0 unspecified atom stereocenters. The number of nitrogens with zero attached hydrogens (tertiary/aromatic N) is 4. The summed E-state index contributed by atoms with van der Waals surface area (Å²) < 4.78 is 1.76. The summed E-state index contributed by atoms with van der Waals surface area (Å²) in [6.07, 6.45) is 5.53. The molecule has 0 aliphatic rings. The van der Waals surface area contributed by atoms with Crippen molar-refractivity contribution >= 4 is 16.7 Å². The Morgan fingerprint density at radius 2 is 2.00 bits per heavy atom. The minimum atomic E-state index is 0.501. The molecule has 2 aromatic heterocycles. The maximum Gasteiger partial charge on any atom is 0.0924 e. The van der Waals surface area contributed by atoms with Crippen molar-refractivity contribution in [1.29, 1.82) is 0 Å². The molecular weight excluding hydrogens is 288 g/mol. The van der Waals surface area contributed by atoms with Gasteiger partial charge >= 0.3 is 0 Å². The van der Waals surface area contributed by atoms with E-state index in [4.69, 9.17) is 4.98 Å². The van der Waals surface area contributed by atoms with Crippen LogP contribution in [0.25, 0.3) is 22.3 Å². The normalized spacial score (nSPS) is 11.3. The van der Waals surface area contributed by atoms with Gasteiger partial charge in [0.1, 0.15) is 0 Å². The zero-order valence-corrected chi connectivity index (χ0v) is 13.7. The molecule has 120 valence electrons. The van der Waals surface area contributed by atoms with Gasteiger partial charge in [0.25, 0.3) is 0 Å². The highest BCUT2D eigenvalue weighted by Crippen LogP contribution is 2.20. The minimum absolute atomic E-state index is 0.501. The van der Waals surface area contributed by atoms with Crippen molar-refractivity contribution in [3.63, 3.8) is 0 Å². The molecule has 0 bridgehead atoms. The molecule has 2 heterocycles. The molecule has 0 amide bonds. The zero-order valence-electron chi connectivity index (χ0n) is 13.7. The average Bonchev–Trinajstić information content (AvgIpc) is 2.97. The van der Waals surface area contributed by atoms with Gasteiger partial charge < -0.3 is 10.6 Å². The monoisotopic (exact) mass is 310 g/mol. The van der Waals surface area contributed by atoms with Crippen LogP contribution in [0.1, 0.15) is 13.8 Å². The molecule has 6 nitrogen and oxygen atoms in total. The van der Waals surface area contributed by atoms with E-state index >= 15 is 0 Å². The molecule has 0 aliphatic heterocycles. The number of aromatic nitrogens is 4. The standard InChI is InChI=1S/C17H22N6/c1-12(2)18-6-7-19-14-4-5-15-16(8-14)22-17(10-20-15)13-9-21-23(3)11-13/h4-5,8-12,18-19H,6-7H2,1-3H3. The Morgan fingerprint density at radius 3 is 2.74 bits per heavy atom. The number of benzene rings is 1. The van der Waals surface area contributed by atoms with Gasteiger partial charge in [0, 0.05) is 43.6 Å². The molecule has 0 saturated heterocycles. The van der Waals surface area contributed by atoms with E-state index in [0.29, 0.717) is 6.04 Å². The van der Waals surface area contributed by atoms with Crippen molar-refractivity contribution in [2.45, 2.75) is 19.9 Å². The average molecular weight is 310 g/mol. The van der Waals surface area contributed by atoms with Crippen LogP contribution in [0.4, 0.5) is 5.69 Å². The lowest BCUT2D eigenvalue weighted by molar-refractivity contribution is 0.602. The quantitative estimate of drug-likeness (QED) is 0.685. The lowest BCUT2D eigenvalue weighted by atomic mass is 10.2. The van der Waals surface area contributed by atoms with Crippen LogP contribution in [0, 0.1) is 0 Å². The van der Waals surface area contributed by atoms with Crippen molar-refractivity contribution in [1.82, 2.24) is 25.1 Å². The molecule has 0 aliphatic carbocycles. The van der Waals surface area contributed by atoms with Gasteiger partial charge in [0.15, 0.2) is 0 Å². The number of aryl methyl sites for hydroxylation is 1. The molecule has 0 radical (unpaired) electrons. The topological polar surface area (TPSA) is 67.7 Å². The van der Waals surface area contributed by atoms with Crippen LogP contribution in [0.3, 0.4) is 0 Å². The van der Waals surface area contributed by atoms with Crippen LogP contribution in [0.2, 0.25) is 0 Å². The van der Waals surface area contributed by atoms with Gasteiger partial charge in [-0.05, 0) is 18.2 Å². The summed E-state index contributed by atoms with van der Waals surface area (Å²) in [5, 5.41) is 11.0. The number of anilines is 1. The van der Waals surface area contributed by atoms with Gasteiger partial charge in [-0.15, -0.1) is 0 Å². The number of nitrogens with one attached hydrogen (secondary N) is 2. The molecule has 6 heteroatoms. The molecular formula is C17H22N6. The molecule has 3 rings (SSSR count). The third-order valence-corrected chi connectivity index (χ3v) is 3.55. The van der Waals surface area contributed by atoms with Gasteiger partial charge in [0.2, 0.25) is 0 Å². The Labute approximate surface area is 136 Å². The highest BCUT2D eigenvalue weighted by molar-refractivity contribution is 5.80. The Hall–Kier alpha value is -2.47. The molecule has 1 aromatic carbocycles. The molecule has 0 spiro atoms. The van der Waals surface area contributed by atoms with E-state index in [1.54, 1.807) is 17.1 Å². The maximum absolute atomic E-state index is 4.70. The van der Waals surface area contributed by atoms with Crippen LogP contribution >= 0.6 is 0 Å². The van der Waals surface area contributed by atoms with Crippen LogP contribution in [-0.2, 0) is 7.05 Å². The second-order valence-corrected chi connectivity index (χ2v) is 5.90. The Bertz CT molecular complexity index is 793. The van der Waals surface area contributed by atoms with Crippen molar-refractivity contribution in [2.75, 3.05) is 18.4 Å². The van der Waals surface area contributed by atoms with E-state index < -0.39 is 0 Å². The number of hydrogen-bond acceptors (Lipinski definition) is 5. The third-order valence-electron chi connectivity index (χ3n) is 3.55. The van der Waals surface area contributed by atoms with E-state index in [1.165, 1.54) is 0 Å². The van der Waals surface area contributed by atoms with Gasteiger partial charge in [-0.3, -0.25) is 9.67 Å².